The Hall–Kier alpha value is -1.43. The molecule has 0 aliphatic rings. The van der Waals surface area contributed by atoms with Crippen LogP contribution in [-0.2, 0) is 9.59 Å². The summed E-state index contributed by atoms with van der Waals surface area (Å²) in [5, 5.41) is 9.17. The van der Waals surface area contributed by atoms with Crippen LogP contribution in [0, 0.1) is 5.82 Å². The molecule has 1 amide bonds. The van der Waals surface area contributed by atoms with Crippen molar-refractivity contribution in [2.75, 3.05) is 6.54 Å². The highest BCUT2D eigenvalue weighted by Crippen LogP contribution is 2.25. The van der Waals surface area contributed by atoms with Gasteiger partial charge in [-0.1, -0.05) is 28.9 Å². The number of carbonyl (C=O) groups is 2. The zero-order valence-electron chi connectivity index (χ0n) is 9.77. The normalized spacial score (nSPS) is 11.9. The first kappa shape index (κ1) is 14.6. The molecule has 1 aromatic rings. The second-order valence-electron chi connectivity index (χ2n) is 3.75. The highest BCUT2D eigenvalue weighted by atomic mass is 79.9. The third-order valence-corrected chi connectivity index (χ3v) is 2.93. The van der Waals surface area contributed by atoms with Gasteiger partial charge in [-0.15, -0.1) is 0 Å². The van der Waals surface area contributed by atoms with Gasteiger partial charge in [0.25, 0.3) is 0 Å². The molecule has 0 radical (unpaired) electrons. The number of hydrogen-bond donors (Lipinski definition) is 1. The predicted octanol–water partition coefficient (Wildman–Crippen LogP) is 2.58. The lowest BCUT2D eigenvalue weighted by Gasteiger charge is -2.25. The second kappa shape index (κ2) is 6.49. The summed E-state index contributed by atoms with van der Waals surface area (Å²) in [6, 6.07) is 2.80. The molecule has 1 aromatic carbocycles. The summed E-state index contributed by atoms with van der Waals surface area (Å²) in [5.41, 5.74) is -0.0220. The lowest BCUT2D eigenvalue weighted by atomic mass is 10.0. The Morgan fingerprint density at radius 2 is 2.28 bits per heavy atom. The fourth-order valence-corrected chi connectivity index (χ4v) is 2.01. The predicted molar refractivity (Wildman–Crippen MR) is 67.5 cm³/mol. The van der Waals surface area contributed by atoms with Gasteiger partial charge in [-0.3, -0.25) is 4.79 Å². The molecule has 18 heavy (non-hydrogen) atoms. The van der Waals surface area contributed by atoms with Crippen molar-refractivity contribution in [2.24, 2.45) is 0 Å². The monoisotopic (exact) mass is 317 g/mol. The Labute approximate surface area is 113 Å². The maximum absolute atomic E-state index is 13.8. The smallest absolute Gasteiger partial charge is 0.331 e. The van der Waals surface area contributed by atoms with Crippen molar-refractivity contribution in [1.82, 2.24) is 4.90 Å². The Morgan fingerprint density at radius 1 is 1.61 bits per heavy atom. The van der Waals surface area contributed by atoms with Crippen LogP contribution in [0.1, 0.15) is 24.9 Å². The first-order chi connectivity index (χ1) is 8.51. The number of rotatable bonds is 6. The van der Waals surface area contributed by atoms with E-state index >= 15 is 0 Å². The van der Waals surface area contributed by atoms with E-state index in [1.165, 1.54) is 12.1 Å². The van der Waals surface area contributed by atoms with Gasteiger partial charge in [-0.2, -0.15) is 0 Å². The molecule has 1 rings (SSSR count). The van der Waals surface area contributed by atoms with Crippen molar-refractivity contribution in [3.05, 3.63) is 34.1 Å². The van der Waals surface area contributed by atoms with Crippen LogP contribution in [0.2, 0.25) is 0 Å². The van der Waals surface area contributed by atoms with Gasteiger partial charge >= 0.3 is 5.97 Å². The molecular formula is C12H13BrFNO3. The molecule has 0 aliphatic carbocycles. The number of carbonyl (C=O) groups excluding carboxylic acids is 1. The van der Waals surface area contributed by atoms with Crippen LogP contribution in [-0.4, -0.2) is 28.9 Å². The van der Waals surface area contributed by atoms with Crippen LogP contribution in [0.3, 0.4) is 0 Å². The minimum atomic E-state index is -1.30. The van der Waals surface area contributed by atoms with Gasteiger partial charge in [0.05, 0.1) is 0 Å². The summed E-state index contributed by atoms with van der Waals surface area (Å²) in [6.07, 6.45) is 1.03. The molecule has 6 heteroatoms. The Kier molecular flexibility index (Phi) is 5.27. The molecule has 0 heterocycles. The van der Waals surface area contributed by atoms with E-state index in [2.05, 4.69) is 15.9 Å². The fraction of sp³-hybridized carbons (Fsp3) is 0.333. The molecule has 98 valence electrons. The van der Waals surface area contributed by atoms with Crippen LogP contribution >= 0.6 is 15.9 Å². The highest BCUT2D eigenvalue weighted by molar-refractivity contribution is 9.10. The minimum Gasteiger partial charge on any atom is -0.479 e. The van der Waals surface area contributed by atoms with Gasteiger partial charge < -0.3 is 10.0 Å². The van der Waals surface area contributed by atoms with E-state index in [0.29, 0.717) is 17.3 Å². The molecule has 0 saturated carbocycles. The van der Waals surface area contributed by atoms with Gasteiger partial charge in [0, 0.05) is 16.6 Å². The molecule has 0 saturated heterocycles. The van der Waals surface area contributed by atoms with E-state index < -0.39 is 17.8 Å². The van der Waals surface area contributed by atoms with Crippen molar-refractivity contribution in [2.45, 2.75) is 19.4 Å². The molecule has 0 bridgehead atoms. The topological polar surface area (TPSA) is 57.6 Å². The molecule has 1 N–H and O–H groups in total. The van der Waals surface area contributed by atoms with Crippen molar-refractivity contribution < 1.29 is 19.1 Å². The van der Waals surface area contributed by atoms with E-state index in [0.717, 1.165) is 4.90 Å². The zero-order valence-corrected chi connectivity index (χ0v) is 11.4. The Bertz CT molecular complexity index is 453. The molecule has 1 atom stereocenters. The number of carboxylic acids is 1. The standard InChI is InChI=1S/C12H13BrFNO3/c1-2-5-15(7-16)11(12(17)18)9-4-3-8(13)6-10(9)14/h3-4,6-7,11H,2,5H2,1H3,(H,17,18). The van der Waals surface area contributed by atoms with E-state index in [-0.39, 0.29) is 12.1 Å². The summed E-state index contributed by atoms with van der Waals surface area (Å²) in [4.78, 5) is 23.2. The van der Waals surface area contributed by atoms with Crippen LogP contribution in [0.4, 0.5) is 4.39 Å². The van der Waals surface area contributed by atoms with Crippen molar-refractivity contribution in [3.8, 4) is 0 Å². The van der Waals surface area contributed by atoms with Gasteiger partial charge in [-0.05, 0) is 18.6 Å². The summed E-state index contributed by atoms with van der Waals surface area (Å²) in [5.74, 6) is -1.91. The van der Waals surface area contributed by atoms with Crippen LogP contribution in [0.25, 0.3) is 0 Å². The maximum Gasteiger partial charge on any atom is 0.331 e. The number of aliphatic carboxylic acids is 1. The largest absolute Gasteiger partial charge is 0.479 e. The van der Waals surface area contributed by atoms with Crippen LogP contribution in [0.15, 0.2) is 22.7 Å². The zero-order chi connectivity index (χ0) is 13.7. The summed E-state index contributed by atoms with van der Waals surface area (Å²) < 4.78 is 14.3. The Balaban J connectivity index is 3.18. The van der Waals surface area contributed by atoms with Crippen molar-refractivity contribution in [1.29, 1.82) is 0 Å². The number of hydrogen-bond acceptors (Lipinski definition) is 2. The van der Waals surface area contributed by atoms with Crippen molar-refractivity contribution >= 4 is 28.3 Å². The molecule has 4 nitrogen and oxygen atoms in total. The fourth-order valence-electron chi connectivity index (χ4n) is 1.68. The van der Waals surface area contributed by atoms with Crippen molar-refractivity contribution in [3.63, 3.8) is 0 Å². The first-order valence-corrected chi connectivity index (χ1v) is 6.19. The number of halogens is 2. The average Bonchev–Trinajstić information content (AvgIpc) is 2.30. The van der Waals surface area contributed by atoms with E-state index in [1.54, 1.807) is 6.07 Å². The molecule has 0 fully saturated rings. The van der Waals surface area contributed by atoms with Gasteiger partial charge in [0.2, 0.25) is 6.41 Å². The SMILES string of the molecule is CCCN(C=O)C(C(=O)O)c1ccc(Br)cc1F. The maximum atomic E-state index is 13.8. The molecule has 0 aliphatic heterocycles. The van der Waals surface area contributed by atoms with Gasteiger partial charge in [-0.25, -0.2) is 9.18 Å². The van der Waals surface area contributed by atoms with Crippen LogP contribution in [0.5, 0.6) is 0 Å². The quantitative estimate of drug-likeness (QED) is 0.820. The number of amides is 1. The van der Waals surface area contributed by atoms with E-state index in [1.807, 2.05) is 6.92 Å². The molecular weight excluding hydrogens is 305 g/mol. The first-order valence-electron chi connectivity index (χ1n) is 5.40. The lowest BCUT2D eigenvalue weighted by Crippen LogP contribution is -2.34. The van der Waals surface area contributed by atoms with E-state index in [4.69, 9.17) is 5.11 Å². The summed E-state index contributed by atoms with van der Waals surface area (Å²) in [6.45, 7) is 2.07. The van der Waals surface area contributed by atoms with E-state index in [9.17, 15) is 14.0 Å². The molecule has 0 aromatic heterocycles. The number of benzene rings is 1. The summed E-state index contributed by atoms with van der Waals surface area (Å²) in [7, 11) is 0. The highest BCUT2D eigenvalue weighted by Gasteiger charge is 2.28. The minimum absolute atomic E-state index is 0.0220. The molecule has 1 unspecified atom stereocenters. The van der Waals surface area contributed by atoms with Gasteiger partial charge in [0.15, 0.2) is 6.04 Å². The average molecular weight is 318 g/mol. The number of nitrogens with zero attached hydrogens (tertiary/aromatic N) is 1. The lowest BCUT2D eigenvalue weighted by molar-refractivity contribution is -0.146. The third-order valence-electron chi connectivity index (χ3n) is 2.44. The Morgan fingerprint density at radius 3 is 2.72 bits per heavy atom. The number of carboxylic acid groups (broad SMARTS) is 1. The molecule has 0 spiro atoms. The second-order valence-corrected chi connectivity index (χ2v) is 4.67. The van der Waals surface area contributed by atoms with Gasteiger partial charge in [0.1, 0.15) is 5.82 Å². The summed E-state index contributed by atoms with van der Waals surface area (Å²) >= 11 is 3.10. The third kappa shape index (κ3) is 3.29. The van der Waals surface area contributed by atoms with Crippen LogP contribution < -0.4 is 0 Å².